The lowest BCUT2D eigenvalue weighted by atomic mass is 10.1. The minimum absolute atomic E-state index is 0.0572. The van der Waals surface area contributed by atoms with Gasteiger partial charge in [-0.15, -0.1) is 0 Å². The van der Waals surface area contributed by atoms with Gasteiger partial charge < -0.3 is 4.74 Å². The predicted octanol–water partition coefficient (Wildman–Crippen LogP) is 2.61. The molecule has 0 spiro atoms. The summed E-state index contributed by atoms with van der Waals surface area (Å²) in [6.07, 6.45) is -0.00401. The molecule has 0 saturated heterocycles. The summed E-state index contributed by atoms with van der Waals surface area (Å²) in [4.78, 5) is 11.4. The van der Waals surface area contributed by atoms with Crippen LogP contribution >= 0.6 is 0 Å². The lowest BCUT2D eigenvalue weighted by molar-refractivity contribution is -0.124. The number of ether oxygens (including phenoxy) is 1. The van der Waals surface area contributed by atoms with Crippen molar-refractivity contribution in [3.8, 4) is 11.8 Å². The number of Topliss-reactive ketones (excluding diaryl/α,β-unsaturated/α-hetero) is 1. The number of nitrogens with zero attached hydrogens (tertiary/aromatic N) is 1. The zero-order chi connectivity index (χ0) is 12.1. The van der Waals surface area contributed by atoms with Gasteiger partial charge in [-0.25, -0.2) is 0 Å². The minimum Gasteiger partial charge on any atom is -0.483 e. The van der Waals surface area contributed by atoms with Crippen molar-refractivity contribution in [2.45, 2.75) is 33.3 Å². The summed E-state index contributed by atoms with van der Waals surface area (Å²) in [5, 5.41) is 8.77. The Labute approximate surface area is 95.7 Å². The molecule has 1 rings (SSSR count). The molecule has 0 amide bonds. The highest BCUT2D eigenvalue weighted by Gasteiger charge is 2.13. The third-order valence-electron chi connectivity index (χ3n) is 2.42. The van der Waals surface area contributed by atoms with Crippen LogP contribution in [0.3, 0.4) is 0 Å². The summed E-state index contributed by atoms with van der Waals surface area (Å²) in [6, 6.07) is 7.25. The number of aryl methyl sites for hydroxylation is 1. The number of benzene rings is 1. The van der Waals surface area contributed by atoms with E-state index >= 15 is 0 Å². The second kappa shape index (κ2) is 5.32. The van der Waals surface area contributed by atoms with E-state index in [0.29, 0.717) is 17.7 Å². The highest BCUT2D eigenvalue weighted by atomic mass is 16.5. The Kier molecular flexibility index (Phi) is 4.07. The maximum absolute atomic E-state index is 11.4. The number of carbonyl (C=O) groups is 1. The fraction of sp³-hybridized carbons (Fsp3) is 0.385. The van der Waals surface area contributed by atoms with Gasteiger partial charge in [0.2, 0.25) is 0 Å². The molecule has 0 aliphatic heterocycles. The Morgan fingerprint density at radius 1 is 1.56 bits per heavy atom. The van der Waals surface area contributed by atoms with Gasteiger partial charge in [-0.2, -0.15) is 5.26 Å². The summed E-state index contributed by atoms with van der Waals surface area (Å²) in [6.45, 7) is 5.42. The molecule has 1 unspecified atom stereocenters. The fourth-order valence-electron chi connectivity index (χ4n) is 1.34. The number of hydrogen-bond donors (Lipinski definition) is 0. The molecule has 3 heteroatoms. The third kappa shape index (κ3) is 2.83. The standard InChI is InChI=1S/C13H15NO2/c1-4-12(15)10(3)16-13-7-11(8-14)6-5-9(13)2/h5-7,10H,4H2,1-3H3. The van der Waals surface area contributed by atoms with E-state index in [1.807, 2.05) is 19.1 Å². The Morgan fingerprint density at radius 2 is 2.25 bits per heavy atom. The van der Waals surface area contributed by atoms with Gasteiger partial charge in [0.05, 0.1) is 11.6 Å². The van der Waals surface area contributed by atoms with E-state index in [0.717, 1.165) is 5.56 Å². The average molecular weight is 217 g/mol. The van der Waals surface area contributed by atoms with E-state index in [9.17, 15) is 4.79 Å². The summed E-state index contributed by atoms with van der Waals surface area (Å²) in [7, 11) is 0. The number of carbonyl (C=O) groups excluding carboxylic acids is 1. The average Bonchev–Trinajstić information content (AvgIpc) is 2.30. The molecule has 0 N–H and O–H groups in total. The highest BCUT2D eigenvalue weighted by molar-refractivity contribution is 5.82. The van der Waals surface area contributed by atoms with Gasteiger partial charge >= 0.3 is 0 Å². The van der Waals surface area contributed by atoms with Crippen LogP contribution in [0.1, 0.15) is 31.4 Å². The van der Waals surface area contributed by atoms with Gasteiger partial charge in [-0.05, 0) is 31.5 Å². The maximum Gasteiger partial charge on any atom is 0.172 e. The zero-order valence-corrected chi connectivity index (χ0v) is 9.78. The molecule has 1 atom stereocenters. The van der Waals surface area contributed by atoms with Crippen molar-refractivity contribution in [2.24, 2.45) is 0 Å². The molecule has 0 bridgehead atoms. The van der Waals surface area contributed by atoms with Gasteiger partial charge in [0.1, 0.15) is 5.75 Å². The predicted molar refractivity (Wildman–Crippen MR) is 61.3 cm³/mol. The molecular weight excluding hydrogens is 202 g/mol. The number of nitriles is 1. The first-order valence-corrected chi connectivity index (χ1v) is 5.28. The van der Waals surface area contributed by atoms with E-state index in [1.165, 1.54) is 0 Å². The summed E-state index contributed by atoms with van der Waals surface area (Å²) in [5.74, 6) is 0.662. The van der Waals surface area contributed by atoms with Gasteiger partial charge in [-0.3, -0.25) is 4.79 Å². The van der Waals surface area contributed by atoms with Crippen LogP contribution in [0.15, 0.2) is 18.2 Å². The first-order chi connectivity index (χ1) is 7.58. The smallest absolute Gasteiger partial charge is 0.172 e. The van der Waals surface area contributed by atoms with Gasteiger partial charge in [0, 0.05) is 6.42 Å². The Hall–Kier alpha value is -1.82. The summed E-state index contributed by atoms with van der Waals surface area (Å²) in [5.41, 5.74) is 1.46. The van der Waals surface area contributed by atoms with E-state index in [2.05, 4.69) is 0 Å². The molecule has 84 valence electrons. The van der Waals surface area contributed by atoms with Gasteiger partial charge in [-0.1, -0.05) is 13.0 Å². The molecule has 1 aromatic rings. The first kappa shape index (κ1) is 12.3. The summed E-state index contributed by atoms with van der Waals surface area (Å²) >= 11 is 0. The molecule has 0 aliphatic rings. The number of rotatable bonds is 4. The zero-order valence-electron chi connectivity index (χ0n) is 9.78. The van der Waals surface area contributed by atoms with Crippen LogP contribution in [0.25, 0.3) is 0 Å². The number of hydrogen-bond acceptors (Lipinski definition) is 3. The SMILES string of the molecule is CCC(=O)C(C)Oc1cc(C#N)ccc1C. The molecule has 3 nitrogen and oxygen atoms in total. The second-order valence-electron chi connectivity index (χ2n) is 3.67. The van der Waals surface area contributed by atoms with Crippen LogP contribution in [0, 0.1) is 18.3 Å². The second-order valence-corrected chi connectivity index (χ2v) is 3.67. The van der Waals surface area contributed by atoms with Crippen molar-refractivity contribution in [2.75, 3.05) is 0 Å². The molecule has 0 radical (unpaired) electrons. The van der Waals surface area contributed by atoms with Crippen LogP contribution in [-0.4, -0.2) is 11.9 Å². The molecule has 1 aromatic carbocycles. The monoisotopic (exact) mass is 217 g/mol. The van der Waals surface area contributed by atoms with E-state index in [-0.39, 0.29) is 5.78 Å². The van der Waals surface area contributed by atoms with Crippen LogP contribution < -0.4 is 4.74 Å². The molecule has 0 heterocycles. The Morgan fingerprint density at radius 3 is 2.81 bits per heavy atom. The molecule has 0 aromatic heterocycles. The van der Waals surface area contributed by atoms with Gasteiger partial charge in [0.25, 0.3) is 0 Å². The Bertz CT molecular complexity index is 432. The van der Waals surface area contributed by atoms with Crippen molar-refractivity contribution in [1.29, 1.82) is 5.26 Å². The summed E-state index contributed by atoms with van der Waals surface area (Å²) < 4.78 is 5.54. The molecule has 0 fully saturated rings. The van der Waals surface area contributed by atoms with Crippen LogP contribution in [0.4, 0.5) is 0 Å². The van der Waals surface area contributed by atoms with Crippen LogP contribution in [0.5, 0.6) is 5.75 Å². The van der Waals surface area contributed by atoms with Crippen molar-refractivity contribution in [3.63, 3.8) is 0 Å². The highest BCUT2D eigenvalue weighted by Crippen LogP contribution is 2.20. The largest absolute Gasteiger partial charge is 0.483 e. The third-order valence-corrected chi connectivity index (χ3v) is 2.42. The molecule has 0 aliphatic carbocycles. The molecular formula is C13H15NO2. The maximum atomic E-state index is 11.4. The van der Waals surface area contributed by atoms with Crippen LogP contribution in [0.2, 0.25) is 0 Å². The quantitative estimate of drug-likeness (QED) is 0.778. The van der Waals surface area contributed by atoms with Gasteiger partial charge in [0.15, 0.2) is 11.9 Å². The minimum atomic E-state index is -0.461. The van der Waals surface area contributed by atoms with E-state index in [4.69, 9.17) is 10.00 Å². The molecule has 0 saturated carbocycles. The lowest BCUT2D eigenvalue weighted by Crippen LogP contribution is -2.23. The van der Waals surface area contributed by atoms with Crippen molar-refractivity contribution in [1.82, 2.24) is 0 Å². The number of ketones is 1. The fourth-order valence-corrected chi connectivity index (χ4v) is 1.34. The van der Waals surface area contributed by atoms with Crippen LogP contribution in [-0.2, 0) is 4.79 Å². The van der Waals surface area contributed by atoms with E-state index < -0.39 is 6.10 Å². The lowest BCUT2D eigenvalue weighted by Gasteiger charge is -2.14. The van der Waals surface area contributed by atoms with Crippen molar-refractivity contribution >= 4 is 5.78 Å². The normalized spacial score (nSPS) is 11.6. The topological polar surface area (TPSA) is 50.1 Å². The molecule has 16 heavy (non-hydrogen) atoms. The van der Waals surface area contributed by atoms with Crippen molar-refractivity contribution in [3.05, 3.63) is 29.3 Å². The first-order valence-electron chi connectivity index (χ1n) is 5.28. The van der Waals surface area contributed by atoms with E-state index in [1.54, 1.807) is 26.0 Å². The Balaban J connectivity index is 2.88. The van der Waals surface area contributed by atoms with Crippen molar-refractivity contribution < 1.29 is 9.53 Å².